The Balaban J connectivity index is 3.18. The molecule has 0 spiro atoms. The van der Waals surface area contributed by atoms with Gasteiger partial charge in [-0.25, -0.2) is 10.9 Å². The molecule has 1 amide bonds. The van der Waals surface area contributed by atoms with Crippen molar-refractivity contribution in [1.29, 1.82) is 0 Å². The Bertz CT molecular complexity index is 525. The fourth-order valence-electron chi connectivity index (χ4n) is 0.978. The molecule has 0 aromatic heterocycles. The van der Waals surface area contributed by atoms with E-state index >= 15 is 0 Å². The summed E-state index contributed by atoms with van der Waals surface area (Å²) in [5.41, 5.74) is -0.0211. The number of hydrogen-bond acceptors (Lipinski definition) is 5. The predicted molar refractivity (Wildman–Crippen MR) is 54.0 cm³/mol. The maximum absolute atomic E-state index is 10.9. The molecule has 0 atom stereocenters. The number of carbonyl (C=O) groups excluding carboxylic acids is 2. The van der Waals surface area contributed by atoms with E-state index in [1.165, 1.54) is 12.1 Å². The zero-order valence-corrected chi connectivity index (χ0v) is 8.72. The molecule has 0 unspecified atom stereocenters. The number of nitrogens with zero attached hydrogens (tertiary/aromatic N) is 1. The Labute approximate surface area is 91.2 Å². The number of carbonyl (C=O) groups is 2. The van der Waals surface area contributed by atoms with Crippen LogP contribution in [0.5, 0.6) is 0 Å². The molecule has 0 bridgehead atoms. The number of amides is 1. The van der Waals surface area contributed by atoms with Crippen LogP contribution in [-0.2, 0) is 19.7 Å². The Kier molecular flexibility index (Phi) is 3.38. The number of hydrazine groups is 1. The highest BCUT2D eigenvalue weighted by Crippen LogP contribution is 2.17. The predicted octanol–water partition coefficient (Wildman–Crippen LogP) is -0.661. The highest BCUT2D eigenvalue weighted by molar-refractivity contribution is 7.85. The number of anilines is 1. The Morgan fingerprint density at radius 3 is 2.56 bits per heavy atom. The molecule has 1 rings (SSSR count). The molecule has 7 nitrogen and oxygen atoms in total. The minimum Gasteiger partial charge on any atom is -0.292 e. The van der Waals surface area contributed by atoms with Crippen LogP contribution in [0.2, 0.25) is 0 Å². The third-order valence-corrected chi connectivity index (χ3v) is 2.58. The van der Waals surface area contributed by atoms with Gasteiger partial charge >= 0.3 is 5.91 Å². The minimum atomic E-state index is -4.37. The Morgan fingerprint density at radius 1 is 1.44 bits per heavy atom. The van der Waals surface area contributed by atoms with Crippen LogP contribution in [0.25, 0.3) is 0 Å². The van der Waals surface area contributed by atoms with E-state index in [0.717, 1.165) is 12.1 Å². The van der Waals surface area contributed by atoms with E-state index in [-0.39, 0.29) is 12.0 Å². The summed E-state index contributed by atoms with van der Waals surface area (Å²) in [6.45, 7) is 0. The number of rotatable bonds is 3. The summed E-state index contributed by atoms with van der Waals surface area (Å²) < 4.78 is 30.3. The zero-order valence-electron chi connectivity index (χ0n) is 7.90. The molecule has 0 aliphatic rings. The molecule has 0 radical (unpaired) electrons. The van der Waals surface area contributed by atoms with Gasteiger partial charge in [0.25, 0.3) is 10.1 Å². The monoisotopic (exact) mass is 244 g/mol. The maximum atomic E-state index is 10.9. The van der Waals surface area contributed by atoms with Crippen LogP contribution in [0.4, 0.5) is 5.69 Å². The molecular formula is C8H8N2O5S. The van der Waals surface area contributed by atoms with Gasteiger partial charge in [0.1, 0.15) is 0 Å². The molecule has 0 saturated heterocycles. The molecule has 16 heavy (non-hydrogen) atoms. The average molecular weight is 244 g/mol. The SMILES string of the molecule is NN(C(=O)C=O)c1cccc(S(=O)(=O)O)c1. The van der Waals surface area contributed by atoms with Gasteiger partial charge in [-0.2, -0.15) is 8.42 Å². The fraction of sp³-hybridized carbons (Fsp3) is 0. The molecule has 1 aromatic rings. The van der Waals surface area contributed by atoms with Crippen LogP contribution in [0, 0.1) is 0 Å². The molecule has 0 aliphatic carbocycles. The standard InChI is InChI=1S/C8H8N2O5S/c9-10(8(12)5-11)6-2-1-3-7(4-6)16(13,14)15/h1-5H,9H2,(H,13,14,15). The molecule has 0 heterocycles. The van der Waals surface area contributed by atoms with E-state index < -0.39 is 20.9 Å². The molecule has 3 N–H and O–H groups in total. The zero-order chi connectivity index (χ0) is 12.3. The lowest BCUT2D eigenvalue weighted by molar-refractivity contribution is -0.129. The lowest BCUT2D eigenvalue weighted by Gasteiger charge is -2.13. The van der Waals surface area contributed by atoms with Crippen molar-refractivity contribution in [2.75, 3.05) is 5.01 Å². The van der Waals surface area contributed by atoms with E-state index in [4.69, 9.17) is 10.4 Å². The van der Waals surface area contributed by atoms with Crippen LogP contribution < -0.4 is 10.9 Å². The lowest BCUT2D eigenvalue weighted by Crippen LogP contribution is -2.38. The fourth-order valence-corrected chi connectivity index (χ4v) is 1.50. The van der Waals surface area contributed by atoms with Gasteiger partial charge in [0.05, 0.1) is 10.6 Å². The van der Waals surface area contributed by atoms with Crippen molar-refractivity contribution in [2.45, 2.75) is 4.90 Å². The van der Waals surface area contributed by atoms with Gasteiger partial charge in [-0.15, -0.1) is 0 Å². The first-order valence-corrected chi connectivity index (χ1v) is 5.42. The first kappa shape index (κ1) is 12.3. The molecule has 1 aromatic carbocycles. The number of nitrogens with two attached hydrogens (primary N) is 1. The third kappa shape index (κ3) is 2.63. The second-order valence-electron chi connectivity index (χ2n) is 2.80. The average Bonchev–Trinajstić information content (AvgIpc) is 2.26. The van der Waals surface area contributed by atoms with Gasteiger partial charge < -0.3 is 0 Å². The summed E-state index contributed by atoms with van der Waals surface area (Å²) in [4.78, 5) is 20.6. The maximum Gasteiger partial charge on any atom is 0.305 e. The van der Waals surface area contributed by atoms with E-state index in [1.807, 2.05) is 0 Å². The number of benzene rings is 1. The van der Waals surface area contributed by atoms with Crippen LogP contribution in [0.3, 0.4) is 0 Å². The Hall–Kier alpha value is -1.77. The lowest BCUT2D eigenvalue weighted by atomic mass is 10.3. The molecular weight excluding hydrogens is 236 g/mol. The molecule has 0 saturated carbocycles. The van der Waals surface area contributed by atoms with E-state index in [0.29, 0.717) is 5.01 Å². The van der Waals surface area contributed by atoms with Gasteiger partial charge in [0, 0.05) is 0 Å². The van der Waals surface area contributed by atoms with Crippen LogP contribution in [0.15, 0.2) is 29.2 Å². The van der Waals surface area contributed by atoms with Gasteiger partial charge in [-0.1, -0.05) is 6.07 Å². The molecule has 86 valence electrons. The van der Waals surface area contributed by atoms with Crippen molar-refractivity contribution in [1.82, 2.24) is 0 Å². The summed E-state index contributed by atoms with van der Waals surface area (Å²) in [5.74, 6) is 4.20. The van der Waals surface area contributed by atoms with E-state index in [9.17, 15) is 18.0 Å². The summed E-state index contributed by atoms with van der Waals surface area (Å²) in [6.07, 6.45) is -0.0138. The molecule has 0 fully saturated rings. The number of aldehydes is 1. The van der Waals surface area contributed by atoms with E-state index in [1.54, 1.807) is 0 Å². The van der Waals surface area contributed by atoms with Gasteiger partial charge in [0.2, 0.25) is 6.29 Å². The summed E-state index contributed by atoms with van der Waals surface area (Å²) in [6, 6.07) is 4.68. The first-order valence-electron chi connectivity index (χ1n) is 3.98. The third-order valence-electron chi connectivity index (χ3n) is 1.73. The van der Waals surface area contributed by atoms with Crippen molar-refractivity contribution in [3.8, 4) is 0 Å². The van der Waals surface area contributed by atoms with Crippen molar-refractivity contribution in [2.24, 2.45) is 5.84 Å². The van der Waals surface area contributed by atoms with Crippen molar-refractivity contribution in [3.63, 3.8) is 0 Å². The second-order valence-corrected chi connectivity index (χ2v) is 4.22. The first-order chi connectivity index (χ1) is 7.36. The van der Waals surface area contributed by atoms with Gasteiger partial charge in [0.15, 0.2) is 0 Å². The normalized spacial score (nSPS) is 10.9. The second kappa shape index (κ2) is 4.39. The van der Waals surface area contributed by atoms with Crippen LogP contribution in [-0.4, -0.2) is 25.2 Å². The summed E-state index contributed by atoms with van der Waals surface area (Å²) in [5, 5.41) is 0.474. The number of hydrogen-bond donors (Lipinski definition) is 2. The molecule has 0 aliphatic heterocycles. The summed E-state index contributed by atoms with van der Waals surface area (Å²) in [7, 11) is -4.37. The Morgan fingerprint density at radius 2 is 2.06 bits per heavy atom. The van der Waals surface area contributed by atoms with E-state index in [2.05, 4.69) is 0 Å². The highest BCUT2D eigenvalue weighted by atomic mass is 32.2. The van der Waals surface area contributed by atoms with Crippen LogP contribution in [0.1, 0.15) is 0 Å². The highest BCUT2D eigenvalue weighted by Gasteiger charge is 2.14. The quantitative estimate of drug-likeness (QED) is 0.182. The smallest absolute Gasteiger partial charge is 0.292 e. The summed E-state index contributed by atoms with van der Waals surface area (Å²) >= 11 is 0. The largest absolute Gasteiger partial charge is 0.305 e. The van der Waals surface area contributed by atoms with Crippen LogP contribution >= 0.6 is 0 Å². The topological polar surface area (TPSA) is 118 Å². The van der Waals surface area contributed by atoms with Gasteiger partial charge in [-0.05, 0) is 18.2 Å². The van der Waals surface area contributed by atoms with Crippen molar-refractivity contribution in [3.05, 3.63) is 24.3 Å². The van der Waals surface area contributed by atoms with Gasteiger partial charge in [-0.3, -0.25) is 14.1 Å². The minimum absolute atomic E-state index is 0.0138. The van der Waals surface area contributed by atoms with Crippen molar-refractivity contribution < 1.29 is 22.6 Å². The molecule has 8 heteroatoms. The van der Waals surface area contributed by atoms with Crippen molar-refractivity contribution >= 4 is 28.0 Å².